The summed E-state index contributed by atoms with van der Waals surface area (Å²) in [6.45, 7) is 2.76. The molecule has 0 spiro atoms. The number of nitrogens with zero attached hydrogens (tertiary/aromatic N) is 1. The van der Waals surface area contributed by atoms with Crippen molar-refractivity contribution in [1.82, 2.24) is 15.5 Å². The molecule has 1 atom stereocenters. The summed E-state index contributed by atoms with van der Waals surface area (Å²) < 4.78 is 7.12. The first-order valence-electron chi connectivity index (χ1n) is 4.82. The zero-order valence-electron chi connectivity index (χ0n) is 8.63. The standard InChI is InChI=1S/C10H11Br2N3O/c1-6(7-3-14-15-4-7)13-5-8-2-9(11)10(12)16-8/h2-4,6,13H,5H2,1H3,(H,14,15). The Bertz CT molecular complexity index is 433. The number of aromatic nitrogens is 2. The van der Waals surface area contributed by atoms with Crippen LogP contribution in [-0.2, 0) is 6.54 Å². The molecular weight excluding hydrogens is 338 g/mol. The van der Waals surface area contributed by atoms with Crippen molar-refractivity contribution in [2.24, 2.45) is 0 Å². The number of aromatic amines is 1. The van der Waals surface area contributed by atoms with E-state index >= 15 is 0 Å². The first-order valence-corrected chi connectivity index (χ1v) is 6.41. The van der Waals surface area contributed by atoms with Crippen molar-refractivity contribution in [3.8, 4) is 0 Å². The van der Waals surface area contributed by atoms with E-state index in [1.54, 1.807) is 0 Å². The number of nitrogens with one attached hydrogen (secondary N) is 2. The number of hydrogen-bond acceptors (Lipinski definition) is 3. The van der Waals surface area contributed by atoms with Gasteiger partial charge in [0.15, 0.2) is 4.67 Å². The topological polar surface area (TPSA) is 53.9 Å². The highest BCUT2D eigenvalue weighted by molar-refractivity contribution is 9.13. The van der Waals surface area contributed by atoms with E-state index in [0.29, 0.717) is 6.54 Å². The highest BCUT2D eigenvalue weighted by Gasteiger charge is 2.09. The maximum absolute atomic E-state index is 5.47. The summed E-state index contributed by atoms with van der Waals surface area (Å²) in [6.07, 6.45) is 3.69. The third-order valence-corrected chi connectivity index (χ3v) is 4.01. The van der Waals surface area contributed by atoms with Gasteiger partial charge in [0.05, 0.1) is 17.2 Å². The van der Waals surface area contributed by atoms with Crippen LogP contribution in [0.3, 0.4) is 0 Å². The molecule has 0 radical (unpaired) electrons. The molecule has 2 N–H and O–H groups in total. The molecule has 0 bridgehead atoms. The molecule has 2 rings (SSSR count). The zero-order chi connectivity index (χ0) is 11.5. The lowest BCUT2D eigenvalue weighted by molar-refractivity contribution is 0.446. The Labute approximate surface area is 110 Å². The highest BCUT2D eigenvalue weighted by Crippen LogP contribution is 2.26. The molecular formula is C10H11Br2N3O. The summed E-state index contributed by atoms with van der Waals surface area (Å²) in [5.41, 5.74) is 1.13. The van der Waals surface area contributed by atoms with Crippen LogP contribution in [0.2, 0.25) is 0 Å². The molecule has 6 heteroatoms. The third-order valence-electron chi connectivity index (χ3n) is 2.30. The van der Waals surface area contributed by atoms with Gasteiger partial charge in [-0.1, -0.05) is 0 Å². The molecule has 0 aliphatic rings. The molecule has 0 fully saturated rings. The van der Waals surface area contributed by atoms with Crippen LogP contribution in [0.4, 0.5) is 0 Å². The summed E-state index contributed by atoms with van der Waals surface area (Å²) in [4.78, 5) is 0. The van der Waals surface area contributed by atoms with Crippen molar-refractivity contribution in [1.29, 1.82) is 0 Å². The number of H-pyrrole nitrogens is 1. The molecule has 4 nitrogen and oxygen atoms in total. The molecule has 86 valence electrons. The Morgan fingerprint density at radius 2 is 2.38 bits per heavy atom. The Kier molecular flexibility index (Phi) is 3.83. The minimum atomic E-state index is 0.237. The summed E-state index contributed by atoms with van der Waals surface area (Å²) in [5, 5.41) is 10.1. The maximum Gasteiger partial charge on any atom is 0.183 e. The van der Waals surface area contributed by atoms with Gasteiger partial charge in [-0.3, -0.25) is 5.10 Å². The van der Waals surface area contributed by atoms with Gasteiger partial charge in [-0.15, -0.1) is 0 Å². The van der Waals surface area contributed by atoms with Crippen LogP contribution in [0, 0.1) is 0 Å². The average molecular weight is 349 g/mol. The van der Waals surface area contributed by atoms with Crippen LogP contribution in [0.1, 0.15) is 24.3 Å². The van der Waals surface area contributed by atoms with Gasteiger partial charge in [-0.25, -0.2) is 0 Å². The Hall–Kier alpha value is -0.590. The number of halogens is 2. The second-order valence-electron chi connectivity index (χ2n) is 3.47. The Balaban J connectivity index is 1.92. The normalized spacial score (nSPS) is 12.9. The van der Waals surface area contributed by atoms with Gasteiger partial charge in [0, 0.05) is 17.8 Å². The van der Waals surface area contributed by atoms with Crippen molar-refractivity contribution < 1.29 is 4.42 Å². The highest BCUT2D eigenvalue weighted by atomic mass is 79.9. The van der Waals surface area contributed by atoms with Gasteiger partial charge >= 0.3 is 0 Å². The van der Waals surface area contributed by atoms with Crippen molar-refractivity contribution in [2.45, 2.75) is 19.5 Å². The van der Waals surface area contributed by atoms with Gasteiger partial charge in [0.2, 0.25) is 0 Å². The maximum atomic E-state index is 5.47. The lowest BCUT2D eigenvalue weighted by atomic mass is 10.2. The SMILES string of the molecule is CC(NCc1cc(Br)c(Br)o1)c1cn[nH]c1. The van der Waals surface area contributed by atoms with E-state index < -0.39 is 0 Å². The summed E-state index contributed by atoms with van der Waals surface area (Å²) in [5.74, 6) is 0.883. The number of hydrogen-bond donors (Lipinski definition) is 2. The smallest absolute Gasteiger partial charge is 0.183 e. The molecule has 2 aromatic heterocycles. The fourth-order valence-electron chi connectivity index (χ4n) is 1.35. The molecule has 0 saturated heterocycles. The molecule has 0 amide bonds. The van der Waals surface area contributed by atoms with Crippen molar-refractivity contribution >= 4 is 31.9 Å². The lowest BCUT2D eigenvalue weighted by Gasteiger charge is -2.09. The van der Waals surface area contributed by atoms with Crippen LogP contribution in [0.5, 0.6) is 0 Å². The zero-order valence-corrected chi connectivity index (χ0v) is 11.8. The summed E-state index contributed by atoms with van der Waals surface area (Å²) in [7, 11) is 0. The summed E-state index contributed by atoms with van der Waals surface area (Å²) >= 11 is 6.68. The molecule has 2 heterocycles. The van der Waals surface area contributed by atoms with Crippen molar-refractivity contribution in [3.05, 3.63) is 38.9 Å². The Morgan fingerprint density at radius 3 is 2.94 bits per heavy atom. The van der Waals surface area contributed by atoms with Gasteiger partial charge in [0.25, 0.3) is 0 Å². The molecule has 0 aliphatic heterocycles. The predicted molar refractivity (Wildman–Crippen MR) is 68.0 cm³/mol. The van der Waals surface area contributed by atoms with Crippen LogP contribution >= 0.6 is 31.9 Å². The fourth-order valence-corrected chi connectivity index (χ4v) is 2.01. The van der Waals surface area contributed by atoms with Crippen molar-refractivity contribution in [2.75, 3.05) is 0 Å². The summed E-state index contributed by atoms with van der Waals surface area (Å²) in [6, 6.07) is 2.18. The quantitative estimate of drug-likeness (QED) is 0.890. The fraction of sp³-hybridized carbons (Fsp3) is 0.300. The van der Waals surface area contributed by atoms with Crippen LogP contribution in [-0.4, -0.2) is 10.2 Å². The van der Waals surface area contributed by atoms with E-state index in [2.05, 4.69) is 54.3 Å². The largest absolute Gasteiger partial charge is 0.452 e. The number of furan rings is 1. The molecule has 1 unspecified atom stereocenters. The predicted octanol–water partition coefficient (Wildman–Crippen LogP) is 3.38. The van der Waals surface area contributed by atoms with E-state index in [-0.39, 0.29) is 6.04 Å². The molecule has 0 aromatic carbocycles. The molecule has 0 saturated carbocycles. The second kappa shape index (κ2) is 5.16. The van der Waals surface area contributed by atoms with E-state index in [1.165, 1.54) is 0 Å². The van der Waals surface area contributed by atoms with E-state index in [9.17, 15) is 0 Å². The third kappa shape index (κ3) is 2.75. The lowest BCUT2D eigenvalue weighted by Crippen LogP contribution is -2.17. The van der Waals surface area contributed by atoms with Gasteiger partial charge in [0.1, 0.15) is 5.76 Å². The van der Waals surface area contributed by atoms with E-state index in [1.807, 2.05) is 18.5 Å². The first kappa shape index (κ1) is 11.9. The van der Waals surface area contributed by atoms with Crippen LogP contribution in [0.15, 0.2) is 32.0 Å². The van der Waals surface area contributed by atoms with Gasteiger partial charge in [-0.2, -0.15) is 5.10 Å². The van der Waals surface area contributed by atoms with Crippen LogP contribution in [0.25, 0.3) is 0 Å². The van der Waals surface area contributed by atoms with Gasteiger partial charge in [-0.05, 0) is 44.8 Å². The minimum absolute atomic E-state index is 0.237. The minimum Gasteiger partial charge on any atom is -0.452 e. The average Bonchev–Trinajstić information content (AvgIpc) is 2.86. The Morgan fingerprint density at radius 1 is 1.56 bits per heavy atom. The first-order chi connectivity index (χ1) is 7.66. The van der Waals surface area contributed by atoms with E-state index in [0.717, 1.165) is 20.5 Å². The molecule has 16 heavy (non-hydrogen) atoms. The number of rotatable bonds is 4. The molecule has 2 aromatic rings. The van der Waals surface area contributed by atoms with Gasteiger partial charge < -0.3 is 9.73 Å². The monoisotopic (exact) mass is 347 g/mol. The van der Waals surface area contributed by atoms with Crippen LogP contribution < -0.4 is 5.32 Å². The molecule has 0 aliphatic carbocycles. The van der Waals surface area contributed by atoms with Crippen molar-refractivity contribution in [3.63, 3.8) is 0 Å². The second-order valence-corrected chi connectivity index (χ2v) is 5.04. The van der Waals surface area contributed by atoms with E-state index in [4.69, 9.17) is 4.42 Å².